The van der Waals surface area contributed by atoms with Crippen LogP contribution in [0, 0.1) is 0 Å². The van der Waals surface area contributed by atoms with Crippen LogP contribution in [0.4, 0.5) is 24.7 Å². The fourth-order valence-electron chi connectivity index (χ4n) is 2.18. The second-order valence-corrected chi connectivity index (χ2v) is 6.19. The molecule has 2 aromatic heterocycles. The van der Waals surface area contributed by atoms with E-state index in [1.807, 2.05) is 11.4 Å². The van der Waals surface area contributed by atoms with Crippen molar-refractivity contribution in [2.24, 2.45) is 5.73 Å². The zero-order valence-corrected chi connectivity index (χ0v) is 14.0. The molecular weight excluding hydrogens is 369 g/mol. The van der Waals surface area contributed by atoms with E-state index in [1.54, 1.807) is 0 Å². The number of amides is 1. The summed E-state index contributed by atoms with van der Waals surface area (Å²) in [6.07, 6.45) is -4.08. The standard InChI is InChI=1S/C16H13F3N4O2S/c17-16(18,19)4-5-25-12-7-9(14(20)24)1-2-10(12)23-15-13-11(3-6-26-13)21-8-22-15/h1-3,6-8H,4-5H2,(H2,20,24)(H,21,22,23). The summed E-state index contributed by atoms with van der Waals surface area (Å²) in [7, 11) is 0. The lowest BCUT2D eigenvalue weighted by Gasteiger charge is -2.15. The largest absolute Gasteiger partial charge is 0.491 e. The van der Waals surface area contributed by atoms with Gasteiger partial charge in [-0.25, -0.2) is 9.97 Å². The molecule has 0 spiro atoms. The van der Waals surface area contributed by atoms with Crippen molar-refractivity contribution in [3.8, 4) is 5.75 Å². The van der Waals surface area contributed by atoms with Gasteiger partial charge in [0.25, 0.3) is 0 Å². The fraction of sp³-hybridized carbons (Fsp3) is 0.188. The highest BCUT2D eigenvalue weighted by Gasteiger charge is 2.27. The van der Waals surface area contributed by atoms with Gasteiger partial charge in [0.15, 0.2) is 5.82 Å². The molecule has 0 aliphatic heterocycles. The van der Waals surface area contributed by atoms with Gasteiger partial charge in [0.2, 0.25) is 5.91 Å². The Hall–Kier alpha value is -2.88. The number of aromatic nitrogens is 2. The molecule has 0 bridgehead atoms. The van der Waals surface area contributed by atoms with E-state index in [0.29, 0.717) is 11.5 Å². The number of nitrogens with zero attached hydrogens (tertiary/aromatic N) is 2. The number of halogens is 3. The molecule has 3 rings (SSSR count). The Kier molecular flexibility index (Phi) is 4.94. The molecule has 0 atom stereocenters. The molecule has 6 nitrogen and oxygen atoms in total. The van der Waals surface area contributed by atoms with E-state index in [2.05, 4.69) is 15.3 Å². The molecule has 1 aromatic carbocycles. The van der Waals surface area contributed by atoms with Crippen LogP contribution < -0.4 is 15.8 Å². The van der Waals surface area contributed by atoms with Crippen molar-refractivity contribution < 1.29 is 22.7 Å². The highest BCUT2D eigenvalue weighted by Crippen LogP contribution is 2.33. The number of rotatable bonds is 6. The van der Waals surface area contributed by atoms with Gasteiger partial charge in [-0.05, 0) is 29.6 Å². The number of primary amides is 1. The Labute approximate surface area is 149 Å². The smallest absolute Gasteiger partial charge is 0.392 e. The minimum atomic E-state index is -4.34. The minimum absolute atomic E-state index is 0.0777. The van der Waals surface area contributed by atoms with Crippen LogP contribution in [0.5, 0.6) is 5.75 Å². The SMILES string of the molecule is NC(=O)c1ccc(Nc2ncnc3ccsc23)c(OCCC(F)(F)F)c1. The van der Waals surface area contributed by atoms with Crippen LogP contribution >= 0.6 is 11.3 Å². The van der Waals surface area contributed by atoms with Gasteiger partial charge in [0.1, 0.15) is 12.1 Å². The van der Waals surface area contributed by atoms with Crippen molar-refractivity contribution in [1.29, 1.82) is 0 Å². The van der Waals surface area contributed by atoms with Crippen molar-refractivity contribution in [3.63, 3.8) is 0 Å². The molecule has 3 N–H and O–H groups in total. The average Bonchev–Trinajstić information content (AvgIpc) is 3.04. The molecule has 0 fully saturated rings. The first-order valence-electron chi connectivity index (χ1n) is 7.42. The number of hydrogen-bond acceptors (Lipinski definition) is 6. The first-order chi connectivity index (χ1) is 12.3. The minimum Gasteiger partial charge on any atom is -0.491 e. The zero-order valence-electron chi connectivity index (χ0n) is 13.2. The van der Waals surface area contributed by atoms with Gasteiger partial charge in [-0.2, -0.15) is 13.2 Å². The third kappa shape index (κ3) is 4.20. The van der Waals surface area contributed by atoms with E-state index in [-0.39, 0.29) is 11.3 Å². The molecule has 0 aliphatic carbocycles. The quantitative estimate of drug-likeness (QED) is 0.676. The number of fused-ring (bicyclic) bond motifs is 1. The summed E-state index contributed by atoms with van der Waals surface area (Å²) < 4.78 is 43.1. The number of nitrogens with two attached hydrogens (primary N) is 1. The number of nitrogens with one attached hydrogen (secondary N) is 1. The predicted octanol–water partition coefficient (Wildman–Crippen LogP) is 3.87. The number of carbonyl (C=O) groups is 1. The first-order valence-corrected chi connectivity index (χ1v) is 8.30. The number of benzene rings is 1. The maximum atomic E-state index is 12.4. The molecule has 0 saturated heterocycles. The maximum absolute atomic E-state index is 12.4. The van der Waals surface area contributed by atoms with E-state index in [1.165, 1.54) is 35.9 Å². The molecule has 0 radical (unpaired) electrons. The number of alkyl halides is 3. The summed E-state index contributed by atoms with van der Waals surface area (Å²) in [6, 6.07) is 6.08. The monoisotopic (exact) mass is 382 g/mol. The lowest BCUT2D eigenvalue weighted by molar-refractivity contribution is -0.139. The Balaban J connectivity index is 1.89. The molecule has 10 heteroatoms. The van der Waals surface area contributed by atoms with Gasteiger partial charge >= 0.3 is 6.18 Å². The summed E-state index contributed by atoms with van der Waals surface area (Å²) in [4.78, 5) is 19.6. The van der Waals surface area contributed by atoms with Crippen LogP contribution in [0.15, 0.2) is 36.0 Å². The summed E-state index contributed by atoms with van der Waals surface area (Å²) >= 11 is 1.42. The number of ether oxygens (including phenoxy) is 1. The predicted molar refractivity (Wildman–Crippen MR) is 91.8 cm³/mol. The summed E-state index contributed by atoms with van der Waals surface area (Å²) in [5.41, 5.74) is 6.46. The van der Waals surface area contributed by atoms with Crippen molar-refractivity contribution in [2.45, 2.75) is 12.6 Å². The first kappa shape index (κ1) is 17.9. The normalized spacial score (nSPS) is 11.5. The van der Waals surface area contributed by atoms with E-state index in [9.17, 15) is 18.0 Å². The van der Waals surface area contributed by atoms with Crippen molar-refractivity contribution >= 4 is 39.0 Å². The van der Waals surface area contributed by atoms with Gasteiger partial charge in [0, 0.05) is 5.56 Å². The lowest BCUT2D eigenvalue weighted by atomic mass is 10.1. The average molecular weight is 382 g/mol. The number of hydrogen-bond donors (Lipinski definition) is 2. The van der Waals surface area contributed by atoms with Gasteiger partial charge in [-0.1, -0.05) is 0 Å². The van der Waals surface area contributed by atoms with Crippen molar-refractivity contribution in [1.82, 2.24) is 9.97 Å². The summed E-state index contributed by atoms with van der Waals surface area (Å²) in [5.74, 6) is -0.147. The Bertz CT molecular complexity index is 943. The van der Waals surface area contributed by atoms with Gasteiger partial charge in [-0.15, -0.1) is 11.3 Å². The van der Waals surface area contributed by atoms with Crippen LogP contribution in [0.2, 0.25) is 0 Å². The Morgan fingerprint density at radius 2 is 2.08 bits per heavy atom. The Morgan fingerprint density at radius 1 is 1.27 bits per heavy atom. The summed E-state index contributed by atoms with van der Waals surface area (Å²) in [5, 5.41) is 4.87. The van der Waals surface area contributed by atoms with E-state index >= 15 is 0 Å². The molecule has 1 amide bonds. The molecule has 26 heavy (non-hydrogen) atoms. The van der Waals surface area contributed by atoms with Gasteiger partial charge in [0.05, 0.1) is 28.9 Å². The zero-order chi connectivity index (χ0) is 18.7. The number of anilines is 2. The molecule has 2 heterocycles. The summed E-state index contributed by atoms with van der Waals surface area (Å²) in [6.45, 7) is -0.585. The number of thiophene rings is 1. The second kappa shape index (κ2) is 7.16. The third-order valence-corrected chi connectivity index (χ3v) is 4.32. The van der Waals surface area contributed by atoms with Crippen LogP contribution in [0.3, 0.4) is 0 Å². The lowest BCUT2D eigenvalue weighted by Crippen LogP contribution is -2.15. The van der Waals surface area contributed by atoms with E-state index in [0.717, 1.165) is 10.2 Å². The van der Waals surface area contributed by atoms with Crippen LogP contribution in [0.1, 0.15) is 16.8 Å². The van der Waals surface area contributed by atoms with Crippen LogP contribution in [0.25, 0.3) is 10.2 Å². The third-order valence-electron chi connectivity index (χ3n) is 3.41. The molecule has 0 aliphatic rings. The molecule has 3 aromatic rings. The topological polar surface area (TPSA) is 90.1 Å². The second-order valence-electron chi connectivity index (χ2n) is 5.27. The molecular formula is C16H13F3N4O2S. The van der Waals surface area contributed by atoms with E-state index < -0.39 is 25.1 Å². The Morgan fingerprint density at radius 3 is 2.81 bits per heavy atom. The maximum Gasteiger partial charge on any atom is 0.392 e. The van der Waals surface area contributed by atoms with Crippen LogP contribution in [-0.2, 0) is 0 Å². The van der Waals surface area contributed by atoms with E-state index in [4.69, 9.17) is 10.5 Å². The van der Waals surface area contributed by atoms with Gasteiger partial charge in [-0.3, -0.25) is 4.79 Å². The highest BCUT2D eigenvalue weighted by atomic mass is 32.1. The molecule has 136 valence electrons. The van der Waals surface area contributed by atoms with Gasteiger partial charge < -0.3 is 15.8 Å². The molecule has 0 unspecified atom stereocenters. The van der Waals surface area contributed by atoms with Crippen LogP contribution in [-0.4, -0.2) is 28.7 Å². The molecule has 0 saturated carbocycles. The van der Waals surface area contributed by atoms with Crippen molar-refractivity contribution in [2.75, 3.05) is 11.9 Å². The van der Waals surface area contributed by atoms with Crippen molar-refractivity contribution in [3.05, 3.63) is 41.5 Å². The number of carbonyl (C=O) groups excluding carboxylic acids is 1. The fourth-order valence-corrected chi connectivity index (χ4v) is 2.97. The highest BCUT2D eigenvalue weighted by molar-refractivity contribution is 7.17.